The predicted molar refractivity (Wildman–Crippen MR) is 82.6 cm³/mol. The highest BCUT2D eigenvalue weighted by Gasteiger charge is 2.08. The number of benzene rings is 2. The first-order valence-corrected chi connectivity index (χ1v) is 7.12. The van der Waals surface area contributed by atoms with Crippen molar-refractivity contribution < 1.29 is 0 Å². The van der Waals surface area contributed by atoms with Crippen LogP contribution in [-0.4, -0.2) is 0 Å². The van der Waals surface area contributed by atoms with E-state index >= 15 is 0 Å². The molecule has 0 aliphatic rings. The highest BCUT2D eigenvalue weighted by molar-refractivity contribution is 14.1. The minimum absolute atomic E-state index is 0.0485. The van der Waals surface area contributed by atoms with Crippen LogP contribution in [0, 0.1) is 10.5 Å². The first-order valence-electron chi connectivity index (χ1n) is 5.60. The maximum Gasteiger partial charge on any atom is 0.0625 e. The summed E-state index contributed by atoms with van der Waals surface area (Å²) >= 11 is 8.76. The van der Waals surface area contributed by atoms with Crippen LogP contribution in [0.5, 0.6) is 0 Å². The van der Waals surface area contributed by atoms with Crippen LogP contribution >= 0.6 is 34.2 Å². The average Bonchev–Trinajstić information content (AvgIpc) is 2.32. The average molecular weight is 357 g/mol. The van der Waals surface area contributed by atoms with Crippen LogP contribution in [0.2, 0.25) is 0 Å². The number of hydrogen-bond acceptors (Lipinski definition) is 0. The molecule has 2 aromatic carbocycles. The van der Waals surface area contributed by atoms with Crippen LogP contribution in [0.15, 0.2) is 48.5 Å². The molecule has 88 valence electrons. The van der Waals surface area contributed by atoms with E-state index in [1.807, 2.05) is 0 Å². The van der Waals surface area contributed by atoms with Crippen LogP contribution in [0.4, 0.5) is 0 Å². The van der Waals surface area contributed by atoms with Gasteiger partial charge in [0.15, 0.2) is 0 Å². The Balaban J connectivity index is 2.11. The Bertz CT molecular complexity index is 491. The van der Waals surface area contributed by atoms with Gasteiger partial charge in [0.05, 0.1) is 5.38 Å². The molecule has 1 unspecified atom stereocenters. The van der Waals surface area contributed by atoms with Crippen molar-refractivity contribution in [2.75, 3.05) is 0 Å². The van der Waals surface area contributed by atoms with Crippen LogP contribution in [0.1, 0.15) is 22.1 Å². The van der Waals surface area contributed by atoms with E-state index in [1.54, 1.807) is 0 Å². The molecule has 0 amide bonds. The molecule has 0 fully saturated rings. The second-order valence-electron chi connectivity index (χ2n) is 4.21. The van der Waals surface area contributed by atoms with E-state index in [1.165, 1.54) is 20.3 Å². The molecule has 2 aromatic rings. The molecule has 0 nitrogen and oxygen atoms in total. The molecule has 0 aromatic heterocycles. The third kappa shape index (κ3) is 3.71. The second kappa shape index (κ2) is 5.87. The third-order valence-electron chi connectivity index (χ3n) is 2.75. The fourth-order valence-corrected chi connectivity index (χ4v) is 2.63. The predicted octanol–water partition coefficient (Wildman–Crippen LogP) is 5.12. The topological polar surface area (TPSA) is 0 Å². The van der Waals surface area contributed by atoms with Gasteiger partial charge in [-0.1, -0.05) is 42.0 Å². The maximum absolute atomic E-state index is 6.45. The molecule has 0 aliphatic carbocycles. The summed E-state index contributed by atoms with van der Waals surface area (Å²) in [6.07, 6.45) is 0.877. The molecule has 0 heterocycles. The van der Waals surface area contributed by atoms with E-state index in [0.717, 1.165) is 6.42 Å². The SMILES string of the molecule is Cc1ccc(CC(Cl)c2cccc(I)c2)cc1. The number of hydrogen-bond donors (Lipinski definition) is 0. The lowest BCUT2D eigenvalue weighted by molar-refractivity contribution is 0.918. The van der Waals surface area contributed by atoms with E-state index in [-0.39, 0.29) is 5.38 Å². The number of alkyl halides is 1. The minimum atomic E-state index is 0.0485. The molecule has 1 atom stereocenters. The smallest absolute Gasteiger partial charge is 0.0625 e. The van der Waals surface area contributed by atoms with E-state index in [2.05, 4.69) is 78.0 Å². The van der Waals surface area contributed by atoms with Crippen molar-refractivity contribution >= 4 is 34.2 Å². The molecular formula is C15H14ClI. The quantitative estimate of drug-likeness (QED) is 0.529. The van der Waals surface area contributed by atoms with E-state index in [4.69, 9.17) is 11.6 Å². The number of halogens is 2. The minimum Gasteiger partial charge on any atom is -0.117 e. The molecular weight excluding hydrogens is 343 g/mol. The fraction of sp³-hybridized carbons (Fsp3) is 0.200. The molecule has 0 saturated carbocycles. The van der Waals surface area contributed by atoms with Crippen molar-refractivity contribution in [1.82, 2.24) is 0 Å². The van der Waals surface area contributed by atoms with Crippen molar-refractivity contribution in [3.05, 3.63) is 68.8 Å². The first-order chi connectivity index (χ1) is 8.15. The van der Waals surface area contributed by atoms with Crippen molar-refractivity contribution in [2.24, 2.45) is 0 Å². The molecule has 0 bridgehead atoms. The van der Waals surface area contributed by atoms with Crippen LogP contribution in [-0.2, 0) is 6.42 Å². The summed E-state index contributed by atoms with van der Waals surface area (Å²) in [7, 11) is 0. The van der Waals surface area contributed by atoms with Gasteiger partial charge in [0.1, 0.15) is 0 Å². The van der Waals surface area contributed by atoms with E-state index in [0.29, 0.717) is 0 Å². The molecule has 0 aliphatic heterocycles. The summed E-state index contributed by atoms with van der Waals surface area (Å²) in [4.78, 5) is 0. The maximum atomic E-state index is 6.45. The Labute approximate surface area is 121 Å². The second-order valence-corrected chi connectivity index (χ2v) is 5.98. The Morgan fingerprint density at radius 1 is 1.12 bits per heavy atom. The number of rotatable bonds is 3. The van der Waals surface area contributed by atoms with Crippen molar-refractivity contribution in [1.29, 1.82) is 0 Å². The van der Waals surface area contributed by atoms with Gasteiger partial charge in [0.2, 0.25) is 0 Å². The van der Waals surface area contributed by atoms with Gasteiger partial charge >= 0.3 is 0 Å². The fourth-order valence-electron chi connectivity index (χ4n) is 1.75. The summed E-state index contributed by atoms with van der Waals surface area (Å²) in [5, 5.41) is 0.0485. The number of aryl methyl sites for hydroxylation is 1. The zero-order chi connectivity index (χ0) is 12.3. The monoisotopic (exact) mass is 356 g/mol. The summed E-state index contributed by atoms with van der Waals surface area (Å²) in [6.45, 7) is 2.10. The highest BCUT2D eigenvalue weighted by atomic mass is 127. The van der Waals surface area contributed by atoms with Crippen molar-refractivity contribution in [3.63, 3.8) is 0 Å². The van der Waals surface area contributed by atoms with Crippen molar-refractivity contribution in [2.45, 2.75) is 18.7 Å². The Kier molecular flexibility index (Phi) is 4.46. The van der Waals surface area contributed by atoms with Gasteiger partial charge in [-0.25, -0.2) is 0 Å². The van der Waals surface area contributed by atoms with Gasteiger partial charge in [-0.05, 0) is 59.2 Å². The molecule has 0 spiro atoms. The van der Waals surface area contributed by atoms with E-state index < -0.39 is 0 Å². The van der Waals surface area contributed by atoms with Crippen LogP contribution in [0.3, 0.4) is 0 Å². The lowest BCUT2D eigenvalue weighted by Gasteiger charge is -2.10. The summed E-state index contributed by atoms with van der Waals surface area (Å²) in [5.74, 6) is 0. The normalized spacial score (nSPS) is 12.4. The lowest BCUT2D eigenvalue weighted by atomic mass is 10.0. The summed E-state index contributed by atoms with van der Waals surface area (Å²) < 4.78 is 1.23. The Hall–Kier alpha value is -0.540. The molecule has 0 N–H and O–H groups in total. The van der Waals surface area contributed by atoms with Crippen LogP contribution in [0.25, 0.3) is 0 Å². The third-order valence-corrected chi connectivity index (χ3v) is 3.82. The largest absolute Gasteiger partial charge is 0.117 e. The zero-order valence-corrected chi connectivity index (χ0v) is 12.6. The summed E-state index contributed by atoms with van der Waals surface area (Å²) in [5.41, 5.74) is 3.77. The molecule has 0 saturated heterocycles. The zero-order valence-electron chi connectivity index (χ0n) is 9.66. The van der Waals surface area contributed by atoms with Gasteiger partial charge in [0.25, 0.3) is 0 Å². The van der Waals surface area contributed by atoms with E-state index in [9.17, 15) is 0 Å². The molecule has 2 heteroatoms. The van der Waals surface area contributed by atoms with Gasteiger partial charge in [0, 0.05) is 3.57 Å². The Morgan fingerprint density at radius 3 is 2.47 bits per heavy atom. The molecule has 0 radical (unpaired) electrons. The van der Waals surface area contributed by atoms with Crippen molar-refractivity contribution in [3.8, 4) is 0 Å². The summed E-state index contributed by atoms with van der Waals surface area (Å²) in [6, 6.07) is 16.9. The standard InChI is InChI=1S/C15H14ClI/c1-11-5-7-12(8-6-11)9-15(16)13-3-2-4-14(17)10-13/h2-8,10,15H,9H2,1H3. The van der Waals surface area contributed by atoms with Gasteiger partial charge in [-0.3, -0.25) is 0 Å². The van der Waals surface area contributed by atoms with Crippen LogP contribution < -0.4 is 0 Å². The van der Waals surface area contributed by atoms with Gasteiger partial charge in [-0.2, -0.15) is 0 Å². The molecule has 17 heavy (non-hydrogen) atoms. The van der Waals surface area contributed by atoms with Gasteiger partial charge < -0.3 is 0 Å². The lowest BCUT2D eigenvalue weighted by Crippen LogP contribution is -1.96. The Morgan fingerprint density at radius 2 is 1.82 bits per heavy atom. The van der Waals surface area contributed by atoms with Gasteiger partial charge in [-0.15, -0.1) is 11.6 Å². The molecule has 2 rings (SSSR count). The highest BCUT2D eigenvalue weighted by Crippen LogP contribution is 2.26. The first kappa shape index (κ1) is 12.9.